The summed E-state index contributed by atoms with van der Waals surface area (Å²) in [5.41, 5.74) is 0.621. The third-order valence-corrected chi connectivity index (χ3v) is 8.22. The van der Waals surface area contributed by atoms with E-state index in [-0.39, 0.29) is 40.5 Å². The Kier molecular flexibility index (Phi) is 7.33. The van der Waals surface area contributed by atoms with Crippen LogP contribution in [0.4, 0.5) is 14.5 Å². The summed E-state index contributed by atoms with van der Waals surface area (Å²) in [6.07, 6.45) is 3.71. The summed E-state index contributed by atoms with van der Waals surface area (Å²) in [4.78, 5) is 14.7. The zero-order valence-electron chi connectivity index (χ0n) is 18.1. The number of nitrogens with zero attached hydrogens (tertiary/aromatic N) is 2. The molecule has 0 aromatic heterocycles. The predicted octanol–water partition coefficient (Wildman–Crippen LogP) is 4.40. The highest BCUT2D eigenvalue weighted by Crippen LogP contribution is 2.30. The molecule has 1 aliphatic carbocycles. The molecule has 1 heterocycles. The number of amides is 1. The standard InChI is InChI=1S/C23H26ClF2N3O3S/c24-20-8-7-19(33(31,32)29-10-1-2-11-29)14-22(20)27-23(30)9-12-28(18-5-6-18)15-16-3-4-17(25)13-21(16)26/h3-4,7-8,13-14,18H,1-2,5-6,9-12,15H2,(H,27,30). The molecular formula is C23H26ClF2N3O3S. The minimum Gasteiger partial charge on any atom is -0.325 e. The molecule has 10 heteroatoms. The number of carbonyl (C=O) groups is 1. The Morgan fingerprint density at radius 1 is 1.12 bits per heavy atom. The fraction of sp³-hybridized carbons (Fsp3) is 0.435. The SMILES string of the molecule is O=C(CCN(Cc1ccc(F)cc1F)C1CC1)Nc1cc(S(=O)(=O)N2CCCC2)ccc1Cl. The van der Waals surface area contributed by atoms with Crippen LogP contribution in [0.1, 0.15) is 37.7 Å². The number of benzene rings is 2. The average molecular weight is 498 g/mol. The van der Waals surface area contributed by atoms with Crippen molar-refractivity contribution in [3.8, 4) is 0 Å². The van der Waals surface area contributed by atoms with E-state index in [1.807, 2.05) is 4.90 Å². The first-order valence-corrected chi connectivity index (χ1v) is 12.8. The first-order chi connectivity index (χ1) is 15.7. The normalized spacial score (nSPS) is 17.0. The van der Waals surface area contributed by atoms with Crippen LogP contribution in [0.25, 0.3) is 0 Å². The van der Waals surface area contributed by atoms with E-state index in [0.717, 1.165) is 31.7 Å². The largest absolute Gasteiger partial charge is 0.325 e. The minimum atomic E-state index is -3.63. The van der Waals surface area contributed by atoms with Crippen molar-refractivity contribution >= 4 is 33.2 Å². The molecule has 0 spiro atoms. The third-order valence-electron chi connectivity index (χ3n) is 5.99. The van der Waals surface area contributed by atoms with Gasteiger partial charge in [0.25, 0.3) is 0 Å². The van der Waals surface area contributed by atoms with Crippen molar-refractivity contribution in [3.63, 3.8) is 0 Å². The molecule has 0 unspecified atom stereocenters. The van der Waals surface area contributed by atoms with Crippen molar-refractivity contribution in [1.29, 1.82) is 0 Å². The second-order valence-electron chi connectivity index (χ2n) is 8.49. The highest BCUT2D eigenvalue weighted by atomic mass is 35.5. The average Bonchev–Trinajstić information content (AvgIpc) is 3.45. The van der Waals surface area contributed by atoms with Crippen LogP contribution in [-0.4, -0.2) is 49.2 Å². The van der Waals surface area contributed by atoms with Gasteiger partial charge in [-0.3, -0.25) is 9.69 Å². The van der Waals surface area contributed by atoms with Crippen molar-refractivity contribution in [2.75, 3.05) is 25.0 Å². The second-order valence-corrected chi connectivity index (χ2v) is 10.8. The highest BCUT2D eigenvalue weighted by molar-refractivity contribution is 7.89. The Morgan fingerprint density at radius 3 is 2.52 bits per heavy atom. The van der Waals surface area contributed by atoms with Gasteiger partial charge in [-0.2, -0.15) is 4.31 Å². The quantitative estimate of drug-likeness (QED) is 0.557. The van der Waals surface area contributed by atoms with Crippen LogP contribution in [0, 0.1) is 11.6 Å². The molecule has 1 saturated carbocycles. The molecule has 0 radical (unpaired) electrons. The van der Waals surface area contributed by atoms with E-state index in [4.69, 9.17) is 11.6 Å². The van der Waals surface area contributed by atoms with Gasteiger partial charge in [-0.05, 0) is 49.9 Å². The summed E-state index contributed by atoms with van der Waals surface area (Å²) in [5, 5.41) is 2.95. The Balaban J connectivity index is 1.39. The summed E-state index contributed by atoms with van der Waals surface area (Å²) in [5.74, 6) is -1.55. The highest BCUT2D eigenvalue weighted by Gasteiger charge is 2.30. The number of halogens is 3. The topological polar surface area (TPSA) is 69.7 Å². The lowest BCUT2D eigenvalue weighted by molar-refractivity contribution is -0.116. The number of hydrogen-bond donors (Lipinski definition) is 1. The van der Waals surface area contributed by atoms with Gasteiger partial charge < -0.3 is 5.32 Å². The smallest absolute Gasteiger partial charge is 0.243 e. The lowest BCUT2D eigenvalue weighted by atomic mass is 10.2. The van der Waals surface area contributed by atoms with Gasteiger partial charge in [0.05, 0.1) is 15.6 Å². The molecule has 0 bridgehead atoms. The fourth-order valence-corrected chi connectivity index (χ4v) is 5.70. The van der Waals surface area contributed by atoms with Gasteiger partial charge in [-0.25, -0.2) is 17.2 Å². The fourth-order valence-electron chi connectivity index (χ4n) is 4.00. The molecule has 1 N–H and O–H groups in total. The molecule has 1 amide bonds. The Hall–Kier alpha value is -2.07. The summed E-state index contributed by atoms with van der Waals surface area (Å²) in [7, 11) is -3.63. The maximum Gasteiger partial charge on any atom is 0.243 e. The third kappa shape index (κ3) is 5.90. The van der Waals surface area contributed by atoms with Gasteiger partial charge in [-0.1, -0.05) is 17.7 Å². The van der Waals surface area contributed by atoms with Gasteiger partial charge in [0.1, 0.15) is 11.6 Å². The van der Waals surface area contributed by atoms with Crippen molar-refractivity contribution < 1.29 is 22.0 Å². The van der Waals surface area contributed by atoms with Crippen LogP contribution in [-0.2, 0) is 21.4 Å². The molecule has 178 valence electrons. The number of anilines is 1. The monoisotopic (exact) mass is 497 g/mol. The summed E-state index contributed by atoms with van der Waals surface area (Å²) < 4.78 is 54.3. The molecule has 2 aliphatic rings. The van der Waals surface area contributed by atoms with Crippen LogP contribution < -0.4 is 5.32 Å². The van der Waals surface area contributed by atoms with E-state index >= 15 is 0 Å². The molecule has 2 aromatic rings. The molecule has 1 saturated heterocycles. The summed E-state index contributed by atoms with van der Waals surface area (Å²) in [6, 6.07) is 8.07. The van der Waals surface area contributed by atoms with Crippen LogP contribution in [0.2, 0.25) is 5.02 Å². The van der Waals surface area contributed by atoms with E-state index in [0.29, 0.717) is 25.2 Å². The molecule has 33 heavy (non-hydrogen) atoms. The number of carbonyl (C=O) groups excluding carboxylic acids is 1. The Labute approximate surface area is 197 Å². The summed E-state index contributed by atoms with van der Waals surface area (Å²) >= 11 is 6.20. The van der Waals surface area contributed by atoms with Gasteiger partial charge >= 0.3 is 0 Å². The van der Waals surface area contributed by atoms with Crippen LogP contribution in [0.5, 0.6) is 0 Å². The van der Waals surface area contributed by atoms with Crippen molar-refractivity contribution in [2.24, 2.45) is 0 Å². The molecule has 2 fully saturated rings. The van der Waals surface area contributed by atoms with Gasteiger partial charge in [-0.15, -0.1) is 0 Å². The predicted molar refractivity (Wildman–Crippen MR) is 122 cm³/mol. The zero-order valence-corrected chi connectivity index (χ0v) is 19.6. The molecule has 6 nitrogen and oxygen atoms in total. The molecule has 1 aliphatic heterocycles. The second kappa shape index (κ2) is 10.0. The van der Waals surface area contributed by atoms with Gasteiger partial charge in [0, 0.05) is 50.3 Å². The van der Waals surface area contributed by atoms with E-state index in [2.05, 4.69) is 5.32 Å². The zero-order chi connectivity index (χ0) is 23.6. The van der Waals surface area contributed by atoms with E-state index in [1.165, 1.54) is 34.6 Å². The number of sulfonamides is 1. The maximum absolute atomic E-state index is 14.1. The van der Waals surface area contributed by atoms with Crippen LogP contribution in [0.3, 0.4) is 0 Å². The van der Waals surface area contributed by atoms with E-state index in [9.17, 15) is 22.0 Å². The van der Waals surface area contributed by atoms with Crippen molar-refractivity contribution in [2.45, 2.75) is 49.6 Å². The van der Waals surface area contributed by atoms with Gasteiger partial charge in [0.2, 0.25) is 15.9 Å². The first-order valence-electron chi connectivity index (χ1n) is 11.0. The number of nitrogens with one attached hydrogen (secondary N) is 1. The van der Waals surface area contributed by atoms with E-state index < -0.39 is 21.7 Å². The summed E-state index contributed by atoms with van der Waals surface area (Å²) in [6.45, 7) is 1.64. The maximum atomic E-state index is 14.1. The lowest BCUT2D eigenvalue weighted by Gasteiger charge is -2.22. The molecular weight excluding hydrogens is 472 g/mol. The number of hydrogen-bond acceptors (Lipinski definition) is 4. The van der Waals surface area contributed by atoms with Gasteiger partial charge in [0.15, 0.2) is 0 Å². The van der Waals surface area contributed by atoms with Crippen molar-refractivity contribution in [1.82, 2.24) is 9.21 Å². The molecule has 4 rings (SSSR count). The van der Waals surface area contributed by atoms with Crippen LogP contribution >= 0.6 is 11.6 Å². The Morgan fingerprint density at radius 2 is 1.85 bits per heavy atom. The Bertz CT molecular complexity index is 1140. The minimum absolute atomic E-state index is 0.0930. The van der Waals surface area contributed by atoms with Crippen molar-refractivity contribution in [3.05, 3.63) is 58.6 Å². The number of rotatable bonds is 9. The molecule has 2 aromatic carbocycles. The van der Waals surface area contributed by atoms with Crippen LogP contribution in [0.15, 0.2) is 41.3 Å². The first kappa shape index (κ1) is 24.1. The van der Waals surface area contributed by atoms with E-state index in [1.54, 1.807) is 0 Å². The molecule has 0 atom stereocenters. The lowest BCUT2D eigenvalue weighted by Crippen LogP contribution is -2.30.